The van der Waals surface area contributed by atoms with E-state index in [4.69, 9.17) is 14.6 Å². The molecule has 1 rings (SSSR count). The molecule has 7 heteroatoms. The summed E-state index contributed by atoms with van der Waals surface area (Å²) in [6, 6.07) is 1.74. The van der Waals surface area contributed by atoms with Crippen molar-refractivity contribution in [2.24, 2.45) is 0 Å². The van der Waals surface area contributed by atoms with Crippen molar-refractivity contribution in [2.45, 2.75) is 13.0 Å². The van der Waals surface area contributed by atoms with Crippen molar-refractivity contribution in [1.29, 1.82) is 0 Å². The Morgan fingerprint density at radius 3 is 2.76 bits per heavy atom. The standard InChI is InChI=1S/C14H19NO5S/c1-9-6-12(21-11(9)4-5-13(16)17)14(18)15-7-10(20-3)8-19-2/h4-6,10H,7-8H2,1-3H3,(H,15,18)(H,16,17)/b5-4+. The normalized spacial score (nSPS) is 12.5. The van der Waals surface area contributed by atoms with Crippen LogP contribution in [0.1, 0.15) is 20.1 Å². The Kier molecular flexibility index (Phi) is 7.07. The van der Waals surface area contributed by atoms with Gasteiger partial charge in [-0.05, 0) is 24.6 Å². The lowest BCUT2D eigenvalue weighted by Crippen LogP contribution is -2.35. The van der Waals surface area contributed by atoms with E-state index in [-0.39, 0.29) is 12.0 Å². The first-order chi connectivity index (χ1) is 9.97. The van der Waals surface area contributed by atoms with Crippen LogP contribution in [-0.4, -0.2) is 50.5 Å². The number of hydrogen-bond acceptors (Lipinski definition) is 5. The van der Waals surface area contributed by atoms with E-state index in [1.165, 1.54) is 17.4 Å². The quantitative estimate of drug-likeness (QED) is 0.711. The largest absolute Gasteiger partial charge is 0.478 e. The first-order valence-electron chi connectivity index (χ1n) is 6.29. The molecule has 0 saturated heterocycles. The zero-order chi connectivity index (χ0) is 15.8. The molecular weight excluding hydrogens is 294 g/mol. The van der Waals surface area contributed by atoms with Crippen LogP contribution in [0.15, 0.2) is 12.1 Å². The molecule has 1 atom stereocenters. The predicted octanol–water partition coefficient (Wildman–Crippen LogP) is 1.55. The Bertz CT molecular complexity index is 523. The van der Waals surface area contributed by atoms with E-state index in [0.717, 1.165) is 16.5 Å². The number of amides is 1. The summed E-state index contributed by atoms with van der Waals surface area (Å²) in [5.74, 6) is -1.23. The number of nitrogens with one attached hydrogen (secondary N) is 1. The lowest BCUT2D eigenvalue weighted by Gasteiger charge is -2.14. The van der Waals surface area contributed by atoms with E-state index in [1.54, 1.807) is 20.3 Å². The van der Waals surface area contributed by atoms with Crippen LogP contribution in [-0.2, 0) is 14.3 Å². The molecule has 0 aliphatic carbocycles. The highest BCUT2D eigenvalue weighted by atomic mass is 32.1. The summed E-state index contributed by atoms with van der Waals surface area (Å²) in [4.78, 5) is 23.8. The Morgan fingerprint density at radius 2 is 2.19 bits per heavy atom. The van der Waals surface area contributed by atoms with Crippen LogP contribution in [0.5, 0.6) is 0 Å². The highest BCUT2D eigenvalue weighted by Crippen LogP contribution is 2.23. The molecule has 1 amide bonds. The fourth-order valence-corrected chi connectivity index (χ4v) is 2.60. The fraction of sp³-hybridized carbons (Fsp3) is 0.429. The lowest BCUT2D eigenvalue weighted by molar-refractivity contribution is -0.131. The monoisotopic (exact) mass is 313 g/mol. The summed E-state index contributed by atoms with van der Waals surface area (Å²) < 4.78 is 10.1. The molecule has 1 heterocycles. The van der Waals surface area contributed by atoms with E-state index in [0.29, 0.717) is 18.0 Å². The minimum Gasteiger partial charge on any atom is -0.478 e. The summed E-state index contributed by atoms with van der Waals surface area (Å²) in [6.45, 7) is 2.57. The summed E-state index contributed by atoms with van der Waals surface area (Å²) in [5, 5.41) is 11.4. The zero-order valence-corrected chi connectivity index (χ0v) is 13.0. The predicted molar refractivity (Wildman–Crippen MR) is 80.7 cm³/mol. The van der Waals surface area contributed by atoms with E-state index in [1.807, 2.05) is 6.92 Å². The molecule has 2 N–H and O–H groups in total. The minimum atomic E-state index is -1.02. The smallest absolute Gasteiger partial charge is 0.328 e. The highest BCUT2D eigenvalue weighted by molar-refractivity contribution is 7.15. The number of hydrogen-bond donors (Lipinski definition) is 2. The number of ether oxygens (including phenoxy) is 2. The van der Waals surface area contributed by atoms with Gasteiger partial charge in [-0.15, -0.1) is 11.3 Å². The number of thiophene rings is 1. The van der Waals surface area contributed by atoms with Gasteiger partial charge in [-0.25, -0.2) is 4.79 Å². The second-order valence-electron chi connectivity index (χ2n) is 4.35. The summed E-state index contributed by atoms with van der Waals surface area (Å²) in [7, 11) is 3.12. The van der Waals surface area contributed by atoms with Gasteiger partial charge in [0.05, 0.1) is 17.6 Å². The van der Waals surface area contributed by atoms with Crippen molar-refractivity contribution in [2.75, 3.05) is 27.4 Å². The Labute approximate surface area is 127 Å². The van der Waals surface area contributed by atoms with Gasteiger partial charge in [-0.2, -0.15) is 0 Å². The van der Waals surface area contributed by atoms with E-state index in [2.05, 4.69) is 5.32 Å². The molecule has 21 heavy (non-hydrogen) atoms. The van der Waals surface area contributed by atoms with Crippen molar-refractivity contribution >= 4 is 29.3 Å². The molecule has 1 aromatic heterocycles. The number of rotatable bonds is 8. The van der Waals surface area contributed by atoms with Gasteiger partial charge in [-0.1, -0.05) is 0 Å². The average Bonchev–Trinajstić information content (AvgIpc) is 2.82. The number of aryl methyl sites for hydroxylation is 1. The molecule has 0 saturated carbocycles. The number of carboxylic acid groups (broad SMARTS) is 1. The van der Waals surface area contributed by atoms with Crippen molar-refractivity contribution in [3.8, 4) is 0 Å². The summed E-state index contributed by atoms with van der Waals surface area (Å²) in [5.41, 5.74) is 0.864. The molecule has 0 fully saturated rings. The number of carboxylic acids is 1. The van der Waals surface area contributed by atoms with Crippen molar-refractivity contribution in [3.05, 3.63) is 27.5 Å². The van der Waals surface area contributed by atoms with Crippen molar-refractivity contribution < 1.29 is 24.2 Å². The molecule has 6 nitrogen and oxygen atoms in total. The van der Waals surface area contributed by atoms with Gasteiger partial charge in [-0.3, -0.25) is 4.79 Å². The molecule has 0 aliphatic heterocycles. The van der Waals surface area contributed by atoms with Crippen LogP contribution in [0.4, 0.5) is 0 Å². The lowest BCUT2D eigenvalue weighted by atomic mass is 10.2. The molecule has 0 spiro atoms. The third kappa shape index (κ3) is 5.66. The van der Waals surface area contributed by atoms with Gasteiger partial charge in [0, 0.05) is 31.7 Å². The summed E-state index contributed by atoms with van der Waals surface area (Å²) >= 11 is 1.25. The molecule has 0 aliphatic rings. The van der Waals surface area contributed by atoms with Gasteiger partial charge >= 0.3 is 5.97 Å². The second-order valence-corrected chi connectivity index (χ2v) is 5.44. The zero-order valence-electron chi connectivity index (χ0n) is 12.2. The minimum absolute atomic E-state index is 0.202. The molecular formula is C14H19NO5S. The Hall–Kier alpha value is -1.70. The number of carbonyl (C=O) groups excluding carboxylic acids is 1. The molecule has 1 unspecified atom stereocenters. The van der Waals surface area contributed by atoms with Gasteiger partial charge in [0.15, 0.2) is 0 Å². The van der Waals surface area contributed by atoms with Crippen molar-refractivity contribution in [1.82, 2.24) is 5.32 Å². The third-order valence-corrected chi connectivity index (χ3v) is 3.93. The Balaban J connectivity index is 2.66. The molecule has 1 aromatic rings. The SMILES string of the molecule is COCC(CNC(=O)c1cc(C)c(/C=C/C(=O)O)s1)OC. The molecule has 0 bridgehead atoms. The van der Waals surface area contributed by atoms with Gasteiger partial charge in [0.1, 0.15) is 0 Å². The van der Waals surface area contributed by atoms with E-state index in [9.17, 15) is 9.59 Å². The maximum atomic E-state index is 12.0. The molecule has 0 aromatic carbocycles. The van der Waals surface area contributed by atoms with Crippen LogP contribution in [0, 0.1) is 6.92 Å². The van der Waals surface area contributed by atoms with Crippen LogP contribution >= 0.6 is 11.3 Å². The van der Waals surface area contributed by atoms with Crippen LogP contribution in [0.3, 0.4) is 0 Å². The summed E-state index contributed by atoms with van der Waals surface area (Å²) in [6.07, 6.45) is 2.34. The first-order valence-corrected chi connectivity index (χ1v) is 7.11. The Morgan fingerprint density at radius 1 is 1.48 bits per heavy atom. The maximum absolute atomic E-state index is 12.0. The highest BCUT2D eigenvalue weighted by Gasteiger charge is 2.14. The fourth-order valence-electron chi connectivity index (χ4n) is 1.61. The van der Waals surface area contributed by atoms with Gasteiger partial charge in [0.2, 0.25) is 0 Å². The topological polar surface area (TPSA) is 84.9 Å². The third-order valence-electron chi connectivity index (χ3n) is 2.73. The number of aliphatic carboxylic acids is 1. The number of carbonyl (C=O) groups is 2. The molecule has 116 valence electrons. The molecule has 0 radical (unpaired) electrons. The first kappa shape index (κ1) is 17.4. The number of methoxy groups -OCH3 is 2. The van der Waals surface area contributed by atoms with Gasteiger partial charge in [0.25, 0.3) is 5.91 Å². The van der Waals surface area contributed by atoms with Crippen LogP contribution in [0.25, 0.3) is 6.08 Å². The maximum Gasteiger partial charge on any atom is 0.328 e. The average molecular weight is 313 g/mol. The van der Waals surface area contributed by atoms with Crippen LogP contribution < -0.4 is 5.32 Å². The van der Waals surface area contributed by atoms with Crippen LogP contribution in [0.2, 0.25) is 0 Å². The van der Waals surface area contributed by atoms with E-state index < -0.39 is 5.97 Å². The van der Waals surface area contributed by atoms with Crippen molar-refractivity contribution in [3.63, 3.8) is 0 Å². The van der Waals surface area contributed by atoms with E-state index >= 15 is 0 Å². The second kappa shape index (κ2) is 8.56. The van der Waals surface area contributed by atoms with Gasteiger partial charge < -0.3 is 19.9 Å².